The third-order valence-corrected chi connectivity index (χ3v) is 5.79. The largest absolute Gasteiger partial charge is 0.376 e. The van der Waals surface area contributed by atoms with Crippen LogP contribution in [0.5, 0.6) is 0 Å². The molecule has 1 heterocycles. The van der Waals surface area contributed by atoms with Gasteiger partial charge < -0.3 is 10.1 Å². The molecule has 1 fully saturated rings. The van der Waals surface area contributed by atoms with E-state index in [1.54, 1.807) is 6.07 Å². The summed E-state index contributed by atoms with van der Waals surface area (Å²) in [6.45, 7) is 8.65. The highest BCUT2D eigenvalue weighted by molar-refractivity contribution is 7.89. The number of nitrogens with one attached hydrogen (secondary N) is 1. The Kier molecular flexibility index (Phi) is 5.37. The summed E-state index contributed by atoms with van der Waals surface area (Å²) in [5.74, 6) is 0. The van der Waals surface area contributed by atoms with Crippen LogP contribution in [0.3, 0.4) is 0 Å². The van der Waals surface area contributed by atoms with Crippen LogP contribution in [0, 0.1) is 6.92 Å². The molecule has 0 aliphatic carbocycles. The lowest BCUT2D eigenvalue weighted by atomic mass is 10.1. The third-order valence-electron chi connectivity index (χ3n) is 3.78. The lowest BCUT2D eigenvalue weighted by molar-refractivity contribution is 0.0102. The van der Waals surface area contributed by atoms with Crippen molar-refractivity contribution in [1.29, 1.82) is 0 Å². The number of morpholine rings is 1. The predicted molar refractivity (Wildman–Crippen MR) is 82.7 cm³/mol. The number of ether oxygens (including phenoxy) is 1. The molecule has 21 heavy (non-hydrogen) atoms. The van der Waals surface area contributed by atoms with Crippen LogP contribution in [0.2, 0.25) is 0 Å². The van der Waals surface area contributed by atoms with E-state index in [0.29, 0.717) is 31.1 Å². The summed E-state index contributed by atoms with van der Waals surface area (Å²) in [6, 6.07) is 5.48. The van der Waals surface area contributed by atoms with Gasteiger partial charge >= 0.3 is 0 Å². The van der Waals surface area contributed by atoms with Crippen molar-refractivity contribution in [2.24, 2.45) is 0 Å². The van der Waals surface area contributed by atoms with Gasteiger partial charge in [-0.15, -0.1) is 0 Å². The van der Waals surface area contributed by atoms with E-state index in [-0.39, 0.29) is 6.10 Å². The van der Waals surface area contributed by atoms with E-state index in [9.17, 15) is 8.42 Å². The zero-order valence-corrected chi connectivity index (χ0v) is 13.7. The number of nitrogens with zero attached hydrogens (tertiary/aromatic N) is 1. The molecule has 1 saturated heterocycles. The number of sulfonamides is 1. The van der Waals surface area contributed by atoms with Crippen molar-refractivity contribution in [3.63, 3.8) is 0 Å². The highest BCUT2D eigenvalue weighted by Gasteiger charge is 2.30. The first-order valence-corrected chi connectivity index (χ1v) is 8.81. The molecule has 1 aliphatic rings. The lowest BCUT2D eigenvalue weighted by Crippen LogP contribution is -2.44. The molecular weight excluding hydrogens is 288 g/mol. The topological polar surface area (TPSA) is 58.6 Å². The van der Waals surface area contributed by atoms with Gasteiger partial charge in [0.15, 0.2) is 0 Å². The minimum absolute atomic E-state index is 0.0567. The number of rotatable bonds is 5. The predicted octanol–water partition coefficient (Wildman–Crippen LogP) is 1.51. The van der Waals surface area contributed by atoms with Crippen LogP contribution in [0.15, 0.2) is 23.1 Å². The molecule has 118 valence electrons. The minimum Gasteiger partial charge on any atom is -0.376 e. The first-order chi connectivity index (χ1) is 9.96. The molecule has 5 nitrogen and oxygen atoms in total. The van der Waals surface area contributed by atoms with E-state index >= 15 is 0 Å². The Hall–Kier alpha value is -0.950. The summed E-state index contributed by atoms with van der Waals surface area (Å²) in [5.41, 5.74) is 1.86. The van der Waals surface area contributed by atoms with Gasteiger partial charge in [0.05, 0.1) is 17.6 Å². The molecule has 1 atom stereocenters. The van der Waals surface area contributed by atoms with Gasteiger partial charge in [-0.1, -0.05) is 19.1 Å². The van der Waals surface area contributed by atoms with E-state index in [0.717, 1.165) is 17.7 Å². The number of hydrogen-bond donors (Lipinski definition) is 1. The smallest absolute Gasteiger partial charge is 0.243 e. The van der Waals surface area contributed by atoms with Crippen molar-refractivity contribution >= 4 is 10.0 Å². The molecule has 0 spiro atoms. The Morgan fingerprint density at radius 2 is 2.19 bits per heavy atom. The Bertz CT molecular complexity index is 587. The zero-order valence-electron chi connectivity index (χ0n) is 12.9. The fourth-order valence-electron chi connectivity index (χ4n) is 2.53. The second kappa shape index (κ2) is 6.87. The number of benzene rings is 1. The van der Waals surface area contributed by atoms with Gasteiger partial charge in [0, 0.05) is 19.6 Å². The molecule has 1 aromatic rings. The summed E-state index contributed by atoms with van der Waals surface area (Å²) < 4.78 is 32.6. The van der Waals surface area contributed by atoms with Crippen molar-refractivity contribution in [3.05, 3.63) is 29.3 Å². The maximum Gasteiger partial charge on any atom is 0.243 e. The molecule has 0 radical (unpaired) electrons. The van der Waals surface area contributed by atoms with E-state index in [4.69, 9.17) is 4.74 Å². The van der Waals surface area contributed by atoms with E-state index in [1.807, 2.05) is 32.9 Å². The second-order valence-corrected chi connectivity index (χ2v) is 7.27. The highest BCUT2D eigenvalue weighted by atomic mass is 32.2. The molecule has 1 aliphatic heterocycles. The van der Waals surface area contributed by atoms with Crippen LogP contribution in [0.25, 0.3) is 0 Å². The molecule has 2 rings (SSSR count). The molecule has 1 aromatic carbocycles. The fourth-order valence-corrected chi connectivity index (χ4v) is 4.30. The van der Waals surface area contributed by atoms with Crippen molar-refractivity contribution < 1.29 is 13.2 Å². The van der Waals surface area contributed by atoms with Crippen LogP contribution < -0.4 is 5.32 Å². The van der Waals surface area contributed by atoms with E-state index < -0.39 is 10.0 Å². The SMILES string of the molecule is CCNCc1cccc(S(=O)(=O)N2CCOC(C)C2)c1C. The Morgan fingerprint density at radius 1 is 1.43 bits per heavy atom. The summed E-state index contributed by atoms with van der Waals surface area (Å²) in [6.07, 6.45) is -0.0567. The van der Waals surface area contributed by atoms with Gasteiger partial charge in [0.25, 0.3) is 0 Å². The summed E-state index contributed by atoms with van der Waals surface area (Å²) in [5, 5.41) is 3.24. The molecule has 0 bridgehead atoms. The Labute approximate surface area is 127 Å². The van der Waals surface area contributed by atoms with Crippen LogP contribution >= 0.6 is 0 Å². The van der Waals surface area contributed by atoms with Gasteiger partial charge in [-0.3, -0.25) is 0 Å². The quantitative estimate of drug-likeness (QED) is 0.895. The zero-order chi connectivity index (χ0) is 15.5. The first kappa shape index (κ1) is 16.4. The van der Waals surface area contributed by atoms with Crippen molar-refractivity contribution in [1.82, 2.24) is 9.62 Å². The van der Waals surface area contributed by atoms with E-state index in [1.165, 1.54) is 4.31 Å². The molecule has 1 N–H and O–H groups in total. The van der Waals surface area contributed by atoms with Crippen molar-refractivity contribution in [2.45, 2.75) is 38.3 Å². The van der Waals surface area contributed by atoms with Gasteiger partial charge in [0.1, 0.15) is 0 Å². The monoisotopic (exact) mass is 312 g/mol. The van der Waals surface area contributed by atoms with E-state index in [2.05, 4.69) is 5.32 Å². The molecule has 0 amide bonds. The average Bonchev–Trinajstić information content (AvgIpc) is 2.46. The standard InChI is InChI=1S/C15H24N2O3S/c1-4-16-10-14-6-5-7-15(13(14)3)21(18,19)17-8-9-20-12(2)11-17/h5-7,12,16H,4,8-11H2,1-3H3. The van der Waals surface area contributed by atoms with Gasteiger partial charge in [-0.25, -0.2) is 8.42 Å². The first-order valence-electron chi connectivity index (χ1n) is 7.37. The molecule has 0 saturated carbocycles. The molecule has 6 heteroatoms. The van der Waals surface area contributed by atoms with Gasteiger partial charge in [0.2, 0.25) is 10.0 Å². The van der Waals surface area contributed by atoms with Crippen molar-refractivity contribution in [3.8, 4) is 0 Å². The second-order valence-electron chi connectivity index (χ2n) is 5.37. The normalized spacial score (nSPS) is 20.6. The third kappa shape index (κ3) is 3.63. The summed E-state index contributed by atoms with van der Waals surface area (Å²) in [7, 11) is -3.45. The van der Waals surface area contributed by atoms with Crippen LogP contribution in [0.4, 0.5) is 0 Å². The molecule has 0 aromatic heterocycles. The maximum absolute atomic E-state index is 12.8. The highest BCUT2D eigenvalue weighted by Crippen LogP contribution is 2.24. The van der Waals surface area contributed by atoms with Gasteiger partial charge in [-0.05, 0) is 37.6 Å². The van der Waals surface area contributed by atoms with Gasteiger partial charge in [-0.2, -0.15) is 4.31 Å². The summed E-state index contributed by atoms with van der Waals surface area (Å²) in [4.78, 5) is 0.409. The van der Waals surface area contributed by atoms with Crippen molar-refractivity contribution in [2.75, 3.05) is 26.2 Å². The summed E-state index contributed by atoms with van der Waals surface area (Å²) >= 11 is 0. The Morgan fingerprint density at radius 3 is 2.86 bits per heavy atom. The average molecular weight is 312 g/mol. The van der Waals surface area contributed by atoms with Crippen LogP contribution in [0.1, 0.15) is 25.0 Å². The van der Waals surface area contributed by atoms with Crippen LogP contribution in [-0.2, 0) is 21.3 Å². The number of hydrogen-bond acceptors (Lipinski definition) is 4. The molecular formula is C15H24N2O3S. The van der Waals surface area contributed by atoms with Crippen LogP contribution in [-0.4, -0.2) is 45.1 Å². The fraction of sp³-hybridized carbons (Fsp3) is 0.600. The molecule has 1 unspecified atom stereocenters. The Balaban J connectivity index is 2.31. The maximum atomic E-state index is 12.8. The minimum atomic E-state index is -3.45. The lowest BCUT2D eigenvalue weighted by Gasteiger charge is -2.31.